The van der Waals surface area contributed by atoms with Gasteiger partial charge in [0.05, 0.1) is 5.69 Å². The lowest BCUT2D eigenvalue weighted by Crippen LogP contribution is -2.43. The molecule has 1 N–H and O–H groups in total. The number of rotatable bonds is 3. The first-order valence-corrected chi connectivity index (χ1v) is 8.61. The molecule has 1 aliphatic carbocycles. The lowest BCUT2D eigenvalue weighted by Gasteiger charge is -2.32. The Balaban J connectivity index is 1.64. The molecule has 1 atom stereocenters. The number of aromatic nitrogens is 1. The zero-order valence-electron chi connectivity index (χ0n) is 13.5. The van der Waals surface area contributed by atoms with Crippen LogP contribution in [0.2, 0.25) is 0 Å². The molecular formula is C17H29N3O. The van der Waals surface area contributed by atoms with Crippen molar-refractivity contribution < 1.29 is 4.52 Å². The van der Waals surface area contributed by atoms with Gasteiger partial charge < -0.3 is 9.84 Å². The molecule has 3 rings (SSSR count). The first-order chi connectivity index (χ1) is 10.2. The van der Waals surface area contributed by atoms with Gasteiger partial charge in [0.1, 0.15) is 5.76 Å². The number of aryl methyl sites for hydroxylation is 2. The molecule has 1 aromatic heterocycles. The lowest BCUT2D eigenvalue weighted by molar-refractivity contribution is 0.200. The minimum atomic E-state index is 0.674. The second-order valence-corrected chi connectivity index (χ2v) is 6.85. The molecule has 1 aromatic rings. The Kier molecular flexibility index (Phi) is 4.96. The van der Waals surface area contributed by atoms with Crippen molar-refractivity contribution >= 4 is 0 Å². The van der Waals surface area contributed by atoms with E-state index in [0.717, 1.165) is 23.9 Å². The highest BCUT2D eigenvalue weighted by Crippen LogP contribution is 2.28. The van der Waals surface area contributed by atoms with Crippen LogP contribution in [-0.4, -0.2) is 35.7 Å². The highest BCUT2D eigenvalue weighted by Gasteiger charge is 2.27. The molecule has 1 saturated carbocycles. The quantitative estimate of drug-likeness (QED) is 0.929. The minimum absolute atomic E-state index is 0.674. The first-order valence-electron chi connectivity index (χ1n) is 8.61. The molecule has 1 unspecified atom stereocenters. The number of nitrogens with one attached hydrogen (secondary N) is 1. The summed E-state index contributed by atoms with van der Waals surface area (Å²) in [7, 11) is 0. The van der Waals surface area contributed by atoms with Crippen molar-refractivity contribution in [1.82, 2.24) is 15.4 Å². The summed E-state index contributed by atoms with van der Waals surface area (Å²) in [6, 6.07) is 0.674. The second-order valence-electron chi connectivity index (χ2n) is 6.85. The van der Waals surface area contributed by atoms with Crippen molar-refractivity contribution in [3.63, 3.8) is 0 Å². The standard InChI is InChI=1S/C17H29N3O/c1-13-16(14(2)21-19-13)11-20-10-6-9-18-17(12-20)15-7-4-3-5-8-15/h15,17-18H,3-12H2,1-2H3. The van der Waals surface area contributed by atoms with E-state index in [1.165, 1.54) is 63.7 Å². The molecule has 0 amide bonds. The van der Waals surface area contributed by atoms with Crippen molar-refractivity contribution in [1.29, 1.82) is 0 Å². The third-order valence-corrected chi connectivity index (χ3v) is 5.29. The third-order valence-electron chi connectivity index (χ3n) is 5.29. The van der Waals surface area contributed by atoms with Gasteiger partial charge in [-0.05, 0) is 52.1 Å². The van der Waals surface area contributed by atoms with Gasteiger partial charge in [-0.3, -0.25) is 4.90 Å². The van der Waals surface area contributed by atoms with Crippen LogP contribution in [-0.2, 0) is 6.54 Å². The van der Waals surface area contributed by atoms with E-state index in [0.29, 0.717) is 6.04 Å². The summed E-state index contributed by atoms with van der Waals surface area (Å²) in [5.41, 5.74) is 2.35. The predicted molar refractivity (Wildman–Crippen MR) is 84.2 cm³/mol. The van der Waals surface area contributed by atoms with Crippen molar-refractivity contribution in [3.8, 4) is 0 Å². The van der Waals surface area contributed by atoms with Gasteiger partial charge in [0.15, 0.2) is 0 Å². The van der Waals surface area contributed by atoms with Gasteiger partial charge >= 0.3 is 0 Å². The number of hydrogen-bond donors (Lipinski definition) is 1. The molecule has 1 saturated heterocycles. The molecule has 4 heteroatoms. The molecule has 2 heterocycles. The van der Waals surface area contributed by atoms with E-state index >= 15 is 0 Å². The van der Waals surface area contributed by atoms with E-state index in [4.69, 9.17) is 4.52 Å². The summed E-state index contributed by atoms with van der Waals surface area (Å²) in [6.45, 7) is 8.60. The van der Waals surface area contributed by atoms with Gasteiger partial charge in [0.25, 0.3) is 0 Å². The van der Waals surface area contributed by atoms with Crippen LogP contribution in [0, 0.1) is 19.8 Å². The SMILES string of the molecule is Cc1noc(C)c1CN1CCCNC(C2CCCCC2)C1. The van der Waals surface area contributed by atoms with Gasteiger partial charge in [0, 0.05) is 24.7 Å². The summed E-state index contributed by atoms with van der Waals surface area (Å²) in [6.07, 6.45) is 8.35. The van der Waals surface area contributed by atoms with Crippen LogP contribution in [0.3, 0.4) is 0 Å². The minimum Gasteiger partial charge on any atom is -0.361 e. The topological polar surface area (TPSA) is 41.3 Å². The summed E-state index contributed by atoms with van der Waals surface area (Å²) in [4.78, 5) is 2.60. The molecule has 2 fully saturated rings. The fourth-order valence-corrected chi connectivity index (χ4v) is 3.97. The highest BCUT2D eigenvalue weighted by atomic mass is 16.5. The largest absolute Gasteiger partial charge is 0.361 e. The van der Waals surface area contributed by atoms with Crippen LogP contribution in [0.1, 0.15) is 55.5 Å². The number of nitrogens with zero attached hydrogens (tertiary/aromatic N) is 2. The van der Waals surface area contributed by atoms with Crippen molar-refractivity contribution in [2.75, 3.05) is 19.6 Å². The molecule has 118 valence electrons. The molecule has 2 aliphatic rings. The van der Waals surface area contributed by atoms with Crippen LogP contribution in [0.25, 0.3) is 0 Å². The Bertz CT molecular complexity index is 431. The van der Waals surface area contributed by atoms with Crippen molar-refractivity contribution in [2.45, 2.75) is 65.0 Å². The average molecular weight is 291 g/mol. The van der Waals surface area contributed by atoms with E-state index in [-0.39, 0.29) is 0 Å². The lowest BCUT2D eigenvalue weighted by atomic mass is 9.83. The van der Waals surface area contributed by atoms with Gasteiger partial charge in [-0.2, -0.15) is 0 Å². The van der Waals surface area contributed by atoms with E-state index in [9.17, 15) is 0 Å². The second kappa shape index (κ2) is 6.93. The van der Waals surface area contributed by atoms with E-state index in [1.807, 2.05) is 6.92 Å². The molecule has 21 heavy (non-hydrogen) atoms. The average Bonchev–Trinajstić information content (AvgIpc) is 2.71. The number of hydrogen-bond acceptors (Lipinski definition) is 4. The van der Waals surface area contributed by atoms with Gasteiger partial charge in [-0.15, -0.1) is 0 Å². The van der Waals surface area contributed by atoms with Crippen LogP contribution in [0.4, 0.5) is 0 Å². The summed E-state index contributed by atoms with van der Waals surface area (Å²) < 4.78 is 5.32. The fourth-order valence-electron chi connectivity index (χ4n) is 3.97. The van der Waals surface area contributed by atoms with Crippen LogP contribution >= 0.6 is 0 Å². The zero-order chi connectivity index (χ0) is 14.7. The monoisotopic (exact) mass is 291 g/mol. The first kappa shape index (κ1) is 15.0. The maximum atomic E-state index is 5.32. The summed E-state index contributed by atoms with van der Waals surface area (Å²) >= 11 is 0. The van der Waals surface area contributed by atoms with Crippen molar-refractivity contribution in [2.24, 2.45) is 5.92 Å². The van der Waals surface area contributed by atoms with E-state index in [1.54, 1.807) is 0 Å². The normalized spacial score (nSPS) is 25.9. The maximum absolute atomic E-state index is 5.32. The smallest absolute Gasteiger partial charge is 0.138 e. The Morgan fingerprint density at radius 1 is 1.19 bits per heavy atom. The summed E-state index contributed by atoms with van der Waals surface area (Å²) in [5.74, 6) is 1.86. The maximum Gasteiger partial charge on any atom is 0.138 e. The van der Waals surface area contributed by atoms with Crippen molar-refractivity contribution in [3.05, 3.63) is 17.0 Å². The Hall–Kier alpha value is -0.870. The van der Waals surface area contributed by atoms with Gasteiger partial charge in [-0.25, -0.2) is 0 Å². The Morgan fingerprint density at radius 3 is 2.71 bits per heavy atom. The molecule has 0 radical (unpaired) electrons. The van der Waals surface area contributed by atoms with Gasteiger partial charge in [-0.1, -0.05) is 24.4 Å². The fraction of sp³-hybridized carbons (Fsp3) is 0.824. The molecule has 0 bridgehead atoms. The Labute approximate surface area is 128 Å². The van der Waals surface area contributed by atoms with Crippen LogP contribution in [0.15, 0.2) is 4.52 Å². The van der Waals surface area contributed by atoms with E-state index in [2.05, 4.69) is 22.3 Å². The van der Waals surface area contributed by atoms with Gasteiger partial charge in [0.2, 0.25) is 0 Å². The summed E-state index contributed by atoms with van der Waals surface area (Å²) in [5, 5.41) is 7.91. The molecular weight excluding hydrogens is 262 g/mol. The predicted octanol–water partition coefficient (Wildman–Crippen LogP) is 3.04. The van der Waals surface area contributed by atoms with Crippen LogP contribution < -0.4 is 5.32 Å². The highest BCUT2D eigenvalue weighted by molar-refractivity contribution is 5.20. The molecule has 4 nitrogen and oxygen atoms in total. The molecule has 1 aliphatic heterocycles. The zero-order valence-corrected chi connectivity index (χ0v) is 13.5. The Morgan fingerprint density at radius 2 is 2.00 bits per heavy atom. The van der Waals surface area contributed by atoms with E-state index < -0.39 is 0 Å². The third kappa shape index (κ3) is 3.67. The van der Waals surface area contributed by atoms with Crippen LogP contribution in [0.5, 0.6) is 0 Å². The molecule has 0 aromatic carbocycles. The molecule has 0 spiro atoms.